The Morgan fingerprint density at radius 1 is 1.00 bits per heavy atom. The van der Waals surface area contributed by atoms with Gasteiger partial charge in [-0.25, -0.2) is 0 Å². The lowest BCUT2D eigenvalue weighted by Gasteiger charge is -2.32. The van der Waals surface area contributed by atoms with Gasteiger partial charge in [-0.15, -0.1) is 0 Å². The average Bonchev–Trinajstić information content (AvgIpc) is 2.79. The largest absolute Gasteiger partial charge is 0.464 e. The van der Waals surface area contributed by atoms with Crippen molar-refractivity contribution in [2.24, 2.45) is 0 Å². The fraction of sp³-hybridized carbons (Fsp3) is 0.467. The maximum Gasteiger partial charge on any atom is 0.462 e. The van der Waals surface area contributed by atoms with E-state index in [9.17, 15) is 0 Å². The molecule has 0 bridgehead atoms. The standard InChI is InChI=1S/C15H19BO3/c1-14(2)15(3,4)19-16(18-14)9-11-10-17-13-8-6-5-7-12(11)13/h5-8,10H,9H2,1-4H3. The molecular formula is C15H19BO3. The Morgan fingerprint density at radius 3 is 2.32 bits per heavy atom. The topological polar surface area (TPSA) is 31.6 Å². The van der Waals surface area contributed by atoms with Crippen molar-refractivity contribution in [1.29, 1.82) is 0 Å². The second-order valence-electron chi connectivity index (χ2n) is 6.15. The second kappa shape index (κ2) is 4.12. The highest BCUT2D eigenvalue weighted by Crippen LogP contribution is 2.38. The monoisotopic (exact) mass is 258 g/mol. The van der Waals surface area contributed by atoms with E-state index in [-0.39, 0.29) is 18.3 Å². The SMILES string of the molecule is CC1(C)OB(Cc2coc3ccccc23)OC1(C)C. The summed E-state index contributed by atoms with van der Waals surface area (Å²) in [5.41, 5.74) is 1.48. The van der Waals surface area contributed by atoms with E-state index in [1.807, 2.05) is 18.2 Å². The molecule has 0 saturated carbocycles. The molecule has 0 spiro atoms. The van der Waals surface area contributed by atoms with Gasteiger partial charge in [0.2, 0.25) is 0 Å². The molecule has 1 aromatic carbocycles. The van der Waals surface area contributed by atoms with E-state index in [0.717, 1.165) is 16.5 Å². The van der Waals surface area contributed by atoms with Crippen molar-refractivity contribution in [2.75, 3.05) is 0 Å². The molecule has 0 atom stereocenters. The summed E-state index contributed by atoms with van der Waals surface area (Å²) in [6.45, 7) is 8.28. The van der Waals surface area contributed by atoms with Gasteiger partial charge >= 0.3 is 7.12 Å². The number of rotatable bonds is 2. The number of furan rings is 1. The van der Waals surface area contributed by atoms with Gasteiger partial charge in [-0.05, 0) is 39.3 Å². The third-order valence-corrected chi connectivity index (χ3v) is 4.25. The zero-order valence-corrected chi connectivity index (χ0v) is 11.9. The first-order chi connectivity index (χ1) is 8.89. The van der Waals surface area contributed by atoms with Crippen molar-refractivity contribution in [3.05, 3.63) is 36.1 Å². The molecule has 3 rings (SSSR count). The van der Waals surface area contributed by atoms with Crippen LogP contribution in [0.1, 0.15) is 33.3 Å². The molecule has 1 aromatic heterocycles. The Hall–Kier alpha value is -1.26. The molecule has 0 unspecified atom stereocenters. The number of benzene rings is 1. The van der Waals surface area contributed by atoms with E-state index in [1.54, 1.807) is 6.26 Å². The van der Waals surface area contributed by atoms with Gasteiger partial charge in [-0.2, -0.15) is 0 Å². The van der Waals surface area contributed by atoms with Crippen LogP contribution in [0, 0.1) is 0 Å². The highest BCUT2D eigenvalue weighted by Gasteiger charge is 2.50. The van der Waals surface area contributed by atoms with Crippen molar-refractivity contribution >= 4 is 18.1 Å². The summed E-state index contributed by atoms with van der Waals surface area (Å²) in [4.78, 5) is 0. The summed E-state index contributed by atoms with van der Waals surface area (Å²) in [6.07, 6.45) is 2.51. The zero-order valence-electron chi connectivity index (χ0n) is 11.9. The molecule has 1 aliphatic rings. The normalized spacial score (nSPS) is 21.2. The predicted molar refractivity (Wildman–Crippen MR) is 76.0 cm³/mol. The summed E-state index contributed by atoms with van der Waals surface area (Å²) in [6, 6.07) is 8.04. The van der Waals surface area contributed by atoms with Gasteiger partial charge in [0.15, 0.2) is 0 Å². The van der Waals surface area contributed by atoms with E-state index in [0.29, 0.717) is 6.32 Å². The van der Waals surface area contributed by atoms with Crippen LogP contribution in [-0.2, 0) is 15.6 Å². The van der Waals surface area contributed by atoms with Crippen LogP contribution < -0.4 is 0 Å². The van der Waals surface area contributed by atoms with E-state index in [2.05, 4.69) is 33.8 Å². The fourth-order valence-electron chi connectivity index (χ4n) is 2.42. The van der Waals surface area contributed by atoms with E-state index >= 15 is 0 Å². The Kier molecular flexibility index (Phi) is 2.77. The quantitative estimate of drug-likeness (QED) is 0.771. The van der Waals surface area contributed by atoms with Gasteiger partial charge < -0.3 is 13.7 Å². The number of hydrogen-bond donors (Lipinski definition) is 0. The van der Waals surface area contributed by atoms with Crippen LogP contribution >= 0.6 is 0 Å². The molecule has 2 aromatic rings. The third kappa shape index (κ3) is 2.09. The molecular weight excluding hydrogens is 239 g/mol. The van der Waals surface area contributed by atoms with Crippen LogP contribution in [0.3, 0.4) is 0 Å². The smallest absolute Gasteiger partial charge is 0.462 e. The highest BCUT2D eigenvalue weighted by molar-refractivity contribution is 6.45. The van der Waals surface area contributed by atoms with Crippen molar-refractivity contribution in [2.45, 2.75) is 45.2 Å². The van der Waals surface area contributed by atoms with Gasteiger partial charge in [0.25, 0.3) is 0 Å². The third-order valence-electron chi connectivity index (χ3n) is 4.25. The Labute approximate surface area is 114 Å². The summed E-state index contributed by atoms with van der Waals surface area (Å²) >= 11 is 0. The molecule has 0 N–H and O–H groups in total. The minimum Gasteiger partial charge on any atom is -0.464 e. The minimum absolute atomic E-state index is 0.217. The van der Waals surface area contributed by atoms with Gasteiger partial charge in [0, 0.05) is 11.7 Å². The van der Waals surface area contributed by atoms with Crippen LogP contribution in [0.4, 0.5) is 0 Å². The van der Waals surface area contributed by atoms with Crippen LogP contribution in [0.25, 0.3) is 11.0 Å². The van der Waals surface area contributed by atoms with Crippen molar-refractivity contribution < 1.29 is 13.7 Å². The number of fused-ring (bicyclic) bond motifs is 1. The molecule has 2 heterocycles. The molecule has 0 amide bonds. The van der Waals surface area contributed by atoms with Crippen LogP contribution in [0.5, 0.6) is 0 Å². The first-order valence-corrected chi connectivity index (χ1v) is 6.70. The van der Waals surface area contributed by atoms with Crippen molar-refractivity contribution in [3.63, 3.8) is 0 Å². The lowest BCUT2D eigenvalue weighted by molar-refractivity contribution is 0.00578. The summed E-state index contributed by atoms with van der Waals surface area (Å²) in [5, 5.41) is 1.14. The highest BCUT2D eigenvalue weighted by atomic mass is 16.7. The molecule has 0 aliphatic carbocycles. The van der Waals surface area contributed by atoms with Gasteiger partial charge in [0.1, 0.15) is 5.58 Å². The van der Waals surface area contributed by atoms with Crippen LogP contribution in [0.2, 0.25) is 0 Å². The lowest BCUT2D eigenvalue weighted by Crippen LogP contribution is -2.41. The van der Waals surface area contributed by atoms with E-state index in [1.165, 1.54) is 0 Å². The lowest BCUT2D eigenvalue weighted by atomic mass is 9.81. The molecule has 0 radical (unpaired) electrons. The van der Waals surface area contributed by atoms with Crippen molar-refractivity contribution in [1.82, 2.24) is 0 Å². The van der Waals surface area contributed by atoms with Crippen LogP contribution in [0.15, 0.2) is 34.9 Å². The molecule has 3 nitrogen and oxygen atoms in total. The minimum atomic E-state index is -0.281. The Bertz CT molecular complexity index is 584. The summed E-state index contributed by atoms with van der Waals surface area (Å²) in [7, 11) is -0.217. The van der Waals surface area contributed by atoms with E-state index in [4.69, 9.17) is 13.7 Å². The maximum atomic E-state index is 6.02. The number of hydrogen-bond acceptors (Lipinski definition) is 3. The first-order valence-electron chi connectivity index (χ1n) is 6.70. The summed E-state index contributed by atoms with van der Waals surface area (Å²) in [5.74, 6) is 0. The second-order valence-corrected chi connectivity index (χ2v) is 6.15. The first kappa shape index (κ1) is 12.8. The summed E-state index contributed by atoms with van der Waals surface area (Å²) < 4.78 is 17.6. The zero-order chi connectivity index (χ0) is 13.7. The van der Waals surface area contributed by atoms with E-state index < -0.39 is 0 Å². The maximum absolute atomic E-state index is 6.02. The average molecular weight is 258 g/mol. The van der Waals surface area contributed by atoms with Gasteiger partial charge in [0.05, 0.1) is 17.5 Å². The molecule has 1 saturated heterocycles. The molecule has 19 heavy (non-hydrogen) atoms. The van der Waals surface area contributed by atoms with Gasteiger partial charge in [-0.3, -0.25) is 0 Å². The Balaban J connectivity index is 1.84. The van der Waals surface area contributed by atoms with Crippen LogP contribution in [-0.4, -0.2) is 18.3 Å². The van der Waals surface area contributed by atoms with Crippen molar-refractivity contribution in [3.8, 4) is 0 Å². The molecule has 100 valence electrons. The number of para-hydroxylation sites is 1. The van der Waals surface area contributed by atoms with Gasteiger partial charge in [-0.1, -0.05) is 18.2 Å². The molecule has 1 fully saturated rings. The fourth-order valence-corrected chi connectivity index (χ4v) is 2.42. The predicted octanol–water partition coefficient (Wildman–Crippen LogP) is 3.61. The Morgan fingerprint density at radius 2 is 1.63 bits per heavy atom. The molecule has 4 heteroatoms. The molecule has 1 aliphatic heterocycles.